The van der Waals surface area contributed by atoms with Crippen LogP contribution < -0.4 is 10.9 Å². The fourth-order valence-electron chi connectivity index (χ4n) is 2.74. The Balaban J connectivity index is 1.53. The minimum atomic E-state index is -0.548. The molecule has 0 saturated heterocycles. The molecule has 0 bridgehead atoms. The number of nitro benzene ring substituents is 1. The van der Waals surface area contributed by atoms with Gasteiger partial charge in [0.1, 0.15) is 0 Å². The third-order valence-corrected chi connectivity index (χ3v) is 5.18. The maximum atomic E-state index is 12.5. The summed E-state index contributed by atoms with van der Waals surface area (Å²) in [6.07, 6.45) is 2.83. The van der Waals surface area contributed by atoms with Crippen molar-refractivity contribution in [3.05, 3.63) is 61.1 Å². The summed E-state index contributed by atoms with van der Waals surface area (Å²) in [6, 6.07) is 4.00. The summed E-state index contributed by atoms with van der Waals surface area (Å²) in [5, 5.41) is 16.9. The van der Waals surface area contributed by atoms with Crippen molar-refractivity contribution in [3.8, 4) is 0 Å². The van der Waals surface area contributed by atoms with Gasteiger partial charge in [-0.15, -0.1) is 11.3 Å². The number of nitrogens with one attached hydrogen (secondary N) is 1. The first-order valence-electron chi connectivity index (χ1n) is 8.75. The number of aromatic nitrogens is 3. The van der Waals surface area contributed by atoms with Crippen LogP contribution in [0.25, 0.3) is 10.9 Å². The summed E-state index contributed by atoms with van der Waals surface area (Å²) in [5.74, 6) is -0.0919. The fraction of sp³-hybridized carbons (Fsp3) is 0.333. The van der Waals surface area contributed by atoms with Gasteiger partial charge < -0.3 is 5.32 Å². The molecule has 2 aromatic heterocycles. The molecular weight excluding hydrogens is 382 g/mol. The van der Waals surface area contributed by atoms with E-state index in [9.17, 15) is 19.7 Å². The number of rotatable bonds is 8. The molecule has 0 aliphatic carbocycles. The molecule has 2 heterocycles. The Morgan fingerprint density at radius 3 is 2.93 bits per heavy atom. The van der Waals surface area contributed by atoms with Crippen molar-refractivity contribution in [1.82, 2.24) is 19.9 Å². The van der Waals surface area contributed by atoms with E-state index in [1.54, 1.807) is 11.3 Å². The number of nitrogens with zero attached hydrogens (tertiary/aromatic N) is 4. The first-order chi connectivity index (χ1) is 13.4. The normalized spacial score (nSPS) is 10.9. The van der Waals surface area contributed by atoms with Crippen LogP contribution in [0.4, 0.5) is 5.69 Å². The highest BCUT2D eigenvalue weighted by Crippen LogP contribution is 2.16. The summed E-state index contributed by atoms with van der Waals surface area (Å²) in [7, 11) is 0. The number of hydrogen-bond acceptors (Lipinski definition) is 7. The second kappa shape index (κ2) is 8.70. The molecular formula is C18H19N5O4S. The largest absolute Gasteiger partial charge is 0.356 e. The zero-order valence-corrected chi connectivity index (χ0v) is 16.1. The van der Waals surface area contributed by atoms with Gasteiger partial charge in [0, 0.05) is 49.1 Å². The molecule has 1 aromatic carbocycles. The molecule has 0 aliphatic heterocycles. The van der Waals surface area contributed by atoms with Crippen LogP contribution in [0.1, 0.15) is 23.5 Å². The molecule has 3 rings (SSSR count). The van der Waals surface area contributed by atoms with Gasteiger partial charge in [0.25, 0.3) is 11.2 Å². The third-order valence-electron chi connectivity index (χ3n) is 4.15. The van der Waals surface area contributed by atoms with Crippen LogP contribution in [0.3, 0.4) is 0 Å². The molecule has 0 unspecified atom stereocenters. The van der Waals surface area contributed by atoms with E-state index in [1.807, 2.05) is 12.3 Å². The molecule has 1 N–H and O–H groups in total. The van der Waals surface area contributed by atoms with Crippen molar-refractivity contribution < 1.29 is 9.72 Å². The Bertz CT molecular complexity index is 1080. The smallest absolute Gasteiger partial charge is 0.270 e. The van der Waals surface area contributed by atoms with Gasteiger partial charge >= 0.3 is 0 Å². The van der Waals surface area contributed by atoms with Crippen molar-refractivity contribution in [2.24, 2.45) is 0 Å². The zero-order valence-electron chi connectivity index (χ0n) is 15.3. The summed E-state index contributed by atoms with van der Waals surface area (Å²) in [6.45, 7) is 2.76. The van der Waals surface area contributed by atoms with Crippen molar-refractivity contribution in [1.29, 1.82) is 0 Å². The summed E-state index contributed by atoms with van der Waals surface area (Å²) < 4.78 is 1.37. The van der Waals surface area contributed by atoms with Crippen LogP contribution in [0.2, 0.25) is 0 Å². The van der Waals surface area contributed by atoms with Crippen LogP contribution >= 0.6 is 11.3 Å². The van der Waals surface area contributed by atoms with Gasteiger partial charge in [0.15, 0.2) is 0 Å². The SMILES string of the molecule is Cc1csc(CCNC(=O)CCCn2cnc3ccc([N+](=O)[O-])cc3c2=O)n1. The molecule has 0 saturated carbocycles. The van der Waals surface area contributed by atoms with Crippen LogP contribution in [0.5, 0.6) is 0 Å². The number of nitro groups is 1. The standard InChI is InChI=1S/C18H19N5O4S/c1-12-10-28-17(21-12)6-7-19-16(24)3-2-8-22-11-20-15-5-4-13(23(26)27)9-14(15)18(22)25/h4-5,9-11H,2-3,6-8H2,1H3,(H,19,24). The lowest BCUT2D eigenvalue weighted by Gasteiger charge is -2.07. The van der Waals surface area contributed by atoms with E-state index in [4.69, 9.17) is 0 Å². The summed E-state index contributed by atoms with van der Waals surface area (Å²) in [4.78, 5) is 43.3. The fourth-order valence-corrected chi connectivity index (χ4v) is 3.52. The number of carbonyl (C=O) groups excluding carboxylic acids is 1. The first-order valence-corrected chi connectivity index (χ1v) is 9.63. The molecule has 3 aromatic rings. The summed E-state index contributed by atoms with van der Waals surface area (Å²) in [5.41, 5.74) is 0.875. The lowest BCUT2D eigenvalue weighted by molar-refractivity contribution is -0.384. The van der Waals surface area contributed by atoms with Crippen molar-refractivity contribution in [2.45, 2.75) is 32.7 Å². The Morgan fingerprint density at radius 2 is 2.21 bits per heavy atom. The Kier molecular flexibility index (Phi) is 6.09. The minimum Gasteiger partial charge on any atom is -0.356 e. The highest BCUT2D eigenvalue weighted by atomic mass is 32.1. The number of fused-ring (bicyclic) bond motifs is 1. The Hall–Kier alpha value is -3.14. The number of thiazole rings is 1. The first kappa shape index (κ1) is 19.6. The van der Waals surface area contributed by atoms with Crippen molar-refractivity contribution >= 4 is 33.8 Å². The zero-order chi connectivity index (χ0) is 20.1. The van der Waals surface area contributed by atoms with E-state index in [-0.39, 0.29) is 29.0 Å². The number of carbonyl (C=O) groups is 1. The number of non-ortho nitro benzene ring substituents is 1. The summed E-state index contributed by atoms with van der Waals surface area (Å²) >= 11 is 1.57. The monoisotopic (exact) mass is 401 g/mol. The highest BCUT2D eigenvalue weighted by molar-refractivity contribution is 7.09. The predicted molar refractivity (Wildman–Crippen MR) is 105 cm³/mol. The van der Waals surface area contributed by atoms with Crippen molar-refractivity contribution in [2.75, 3.05) is 6.54 Å². The molecule has 0 spiro atoms. The van der Waals surface area contributed by atoms with Gasteiger partial charge in [-0.05, 0) is 19.4 Å². The van der Waals surface area contributed by atoms with Gasteiger partial charge in [0.2, 0.25) is 5.91 Å². The van der Waals surface area contributed by atoms with Gasteiger partial charge in [-0.25, -0.2) is 9.97 Å². The van der Waals surface area contributed by atoms with E-state index in [2.05, 4.69) is 15.3 Å². The number of aryl methyl sites for hydroxylation is 2. The minimum absolute atomic E-state index is 0.0919. The van der Waals surface area contributed by atoms with E-state index < -0.39 is 4.92 Å². The predicted octanol–water partition coefficient (Wildman–Crippen LogP) is 2.21. The quantitative estimate of drug-likeness (QED) is 0.456. The van der Waals surface area contributed by atoms with Gasteiger partial charge in [-0.3, -0.25) is 24.3 Å². The topological polar surface area (TPSA) is 120 Å². The number of hydrogen-bond donors (Lipinski definition) is 1. The lowest BCUT2D eigenvalue weighted by Crippen LogP contribution is -2.26. The highest BCUT2D eigenvalue weighted by Gasteiger charge is 2.11. The van der Waals surface area contributed by atoms with Crippen LogP contribution in [-0.4, -0.2) is 31.9 Å². The molecule has 10 heteroatoms. The maximum Gasteiger partial charge on any atom is 0.270 e. The van der Waals surface area contributed by atoms with Gasteiger partial charge in [-0.2, -0.15) is 0 Å². The second-order valence-corrected chi connectivity index (χ2v) is 7.23. The van der Waals surface area contributed by atoms with E-state index >= 15 is 0 Å². The van der Waals surface area contributed by atoms with Crippen molar-refractivity contribution in [3.63, 3.8) is 0 Å². The molecule has 146 valence electrons. The lowest BCUT2D eigenvalue weighted by atomic mass is 10.2. The third kappa shape index (κ3) is 4.77. The van der Waals surface area contributed by atoms with Crippen LogP contribution in [0, 0.1) is 17.0 Å². The molecule has 9 nitrogen and oxygen atoms in total. The molecule has 28 heavy (non-hydrogen) atoms. The number of benzene rings is 1. The number of amides is 1. The average molecular weight is 401 g/mol. The Labute approximate surface area is 164 Å². The van der Waals surface area contributed by atoms with Gasteiger partial charge in [-0.1, -0.05) is 0 Å². The molecule has 0 fully saturated rings. The second-order valence-electron chi connectivity index (χ2n) is 6.29. The molecule has 0 atom stereocenters. The maximum absolute atomic E-state index is 12.5. The van der Waals surface area contributed by atoms with Gasteiger partial charge in [0.05, 0.1) is 27.2 Å². The van der Waals surface area contributed by atoms with E-state index in [0.717, 1.165) is 10.7 Å². The average Bonchev–Trinajstić information content (AvgIpc) is 3.08. The molecule has 1 amide bonds. The van der Waals surface area contributed by atoms with Crippen LogP contribution in [-0.2, 0) is 17.8 Å². The van der Waals surface area contributed by atoms with E-state index in [1.165, 1.54) is 29.1 Å². The molecule has 0 radical (unpaired) electrons. The Morgan fingerprint density at radius 1 is 1.39 bits per heavy atom. The van der Waals surface area contributed by atoms with Crippen LogP contribution in [0.15, 0.2) is 34.7 Å². The molecule has 0 aliphatic rings. The van der Waals surface area contributed by atoms with E-state index in [0.29, 0.717) is 31.4 Å².